The highest BCUT2D eigenvalue weighted by atomic mass is 35.5. The molecule has 5 nitrogen and oxygen atoms in total. The Morgan fingerprint density at radius 2 is 2.10 bits per heavy atom. The number of carboxylic acid groups (broad SMARTS) is 1. The molecule has 1 aromatic rings. The third kappa shape index (κ3) is 3.19. The Morgan fingerprint density at radius 1 is 1.40 bits per heavy atom. The van der Waals surface area contributed by atoms with Crippen molar-refractivity contribution in [2.45, 2.75) is 31.2 Å². The maximum Gasteiger partial charge on any atom is 0.319 e. The van der Waals surface area contributed by atoms with Crippen molar-refractivity contribution in [2.24, 2.45) is 0 Å². The van der Waals surface area contributed by atoms with Crippen molar-refractivity contribution in [3.8, 4) is 0 Å². The smallest absolute Gasteiger partial charge is 0.319 e. The lowest BCUT2D eigenvalue weighted by atomic mass is 9.74. The molecule has 1 aliphatic rings. The summed E-state index contributed by atoms with van der Waals surface area (Å²) >= 11 is 5.61. The molecule has 0 heterocycles. The zero-order valence-electron chi connectivity index (χ0n) is 10.6. The van der Waals surface area contributed by atoms with Gasteiger partial charge in [-0.1, -0.05) is 17.7 Å². The van der Waals surface area contributed by atoms with Gasteiger partial charge in [0.15, 0.2) is 5.82 Å². The number of carboxylic acids is 1. The summed E-state index contributed by atoms with van der Waals surface area (Å²) in [5.74, 6) is -1.69. The first-order chi connectivity index (χ1) is 9.42. The summed E-state index contributed by atoms with van der Waals surface area (Å²) < 4.78 is 13.6. The van der Waals surface area contributed by atoms with Gasteiger partial charge in [0.05, 0.1) is 22.7 Å². The zero-order valence-corrected chi connectivity index (χ0v) is 11.3. The summed E-state index contributed by atoms with van der Waals surface area (Å²) in [5, 5.41) is 13.7. The Hall–Kier alpha value is -1.82. The zero-order chi connectivity index (χ0) is 14.8. The van der Waals surface area contributed by atoms with E-state index in [-0.39, 0.29) is 17.1 Å². The molecule has 2 amide bonds. The van der Waals surface area contributed by atoms with E-state index in [0.717, 1.165) is 6.42 Å². The first-order valence-electron chi connectivity index (χ1n) is 6.17. The predicted molar refractivity (Wildman–Crippen MR) is 72.4 cm³/mol. The Labute approximate surface area is 120 Å². The minimum absolute atomic E-state index is 0.0419. The van der Waals surface area contributed by atoms with E-state index in [0.29, 0.717) is 12.8 Å². The molecule has 0 aliphatic heterocycles. The molecule has 0 atom stereocenters. The molecule has 1 fully saturated rings. The molecule has 0 spiro atoms. The maximum absolute atomic E-state index is 13.6. The average molecular weight is 301 g/mol. The van der Waals surface area contributed by atoms with Gasteiger partial charge in [0.1, 0.15) is 0 Å². The van der Waals surface area contributed by atoms with Crippen LogP contribution in [0.25, 0.3) is 0 Å². The first kappa shape index (κ1) is 14.6. The Bertz CT molecular complexity index is 546. The summed E-state index contributed by atoms with van der Waals surface area (Å²) in [4.78, 5) is 22.6. The molecule has 108 valence electrons. The topological polar surface area (TPSA) is 78.4 Å². The van der Waals surface area contributed by atoms with E-state index in [4.69, 9.17) is 16.7 Å². The number of amides is 2. The minimum Gasteiger partial charge on any atom is -0.481 e. The van der Waals surface area contributed by atoms with Crippen molar-refractivity contribution in [1.82, 2.24) is 5.32 Å². The Balaban J connectivity index is 2.02. The van der Waals surface area contributed by atoms with Crippen LogP contribution < -0.4 is 10.6 Å². The van der Waals surface area contributed by atoms with Crippen LogP contribution in [0.4, 0.5) is 14.9 Å². The number of hydrogen-bond donors (Lipinski definition) is 3. The van der Waals surface area contributed by atoms with Gasteiger partial charge in [0.2, 0.25) is 0 Å². The monoisotopic (exact) mass is 300 g/mol. The summed E-state index contributed by atoms with van der Waals surface area (Å²) in [6.07, 6.45) is 1.92. The van der Waals surface area contributed by atoms with E-state index in [1.165, 1.54) is 18.2 Å². The van der Waals surface area contributed by atoms with E-state index in [9.17, 15) is 14.0 Å². The Kier molecular flexibility index (Phi) is 4.13. The maximum atomic E-state index is 13.6. The molecule has 3 N–H and O–H groups in total. The van der Waals surface area contributed by atoms with E-state index in [2.05, 4.69) is 10.6 Å². The second kappa shape index (κ2) is 5.66. The standard InChI is InChI=1S/C13H14ClFN2O3/c14-8-3-1-4-9(11(8)15)16-12(20)17-13(5-2-6-13)7-10(18)19/h1,3-4H,2,5-7H2,(H,18,19)(H2,16,17,20). The van der Waals surface area contributed by atoms with Crippen LogP contribution in [0.2, 0.25) is 5.02 Å². The molecule has 0 bridgehead atoms. The van der Waals surface area contributed by atoms with Gasteiger partial charge in [-0.2, -0.15) is 0 Å². The van der Waals surface area contributed by atoms with Crippen LogP contribution in [0.3, 0.4) is 0 Å². The molecule has 1 aromatic carbocycles. The van der Waals surface area contributed by atoms with E-state index < -0.39 is 23.4 Å². The van der Waals surface area contributed by atoms with Crippen LogP contribution in [0.5, 0.6) is 0 Å². The third-order valence-corrected chi connectivity index (χ3v) is 3.67. The normalized spacial score (nSPS) is 16.1. The van der Waals surface area contributed by atoms with Crippen molar-refractivity contribution < 1.29 is 19.1 Å². The quantitative estimate of drug-likeness (QED) is 0.800. The largest absolute Gasteiger partial charge is 0.481 e. The summed E-state index contributed by atoms with van der Waals surface area (Å²) in [6, 6.07) is 3.63. The summed E-state index contributed by atoms with van der Waals surface area (Å²) in [6.45, 7) is 0. The average Bonchev–Trinajstić information content (AvgIpc) is 2.31. The summed E-state index contributed by atoms with van der Waals surface area (Å²) in [5.41, 5.74) is -0.773. The number of benzene rings is 1. The Morgan fingerprint density at radius 3 is 2.65 bits per heavy atom. The highest BCUT2D eigenvalue weighted by Gasteiger charge is 2.40. The van der Waals surface area contributed by atoms with Crippen LogP contribution >= 0.6 is 11.6 Å². The van der Waals surface area contributed by atoms with Gasteiger partial charge in [0.25, 0.3) is 0 Å². The molecule has 0 unspecified atom stereocenters. The number of aliphatic carboxylic acids is 1. The number of rotatable bonds is 4. The highest BCUT2D eigenvalue weighted by molar-refractivity contribution is 6.31. The molecule has 2 rings (SSSR count). The SMILES string of the molecule is O=C(O)CC1(NC(=O)Nc2cccc(Cl)c2F)CCC1. The molecule has 1 aliphatic carbocycles. The highest BCUT2D eigenvalue weighted by Crippen LogP contribution is 2.35. The van der Waals surface area contributed by atoms with Gasteiger partial charge >= 0.3 is 12.0 Å². The van der Waals surface area contributed by atoms with Crippen LogP contribution in [-0.4, -0.2) is 22.6 Å². The van der Waals surface area contributed by atoms with Crippen LogP contribution in [0, 0.1) is 5.82 Å². The molecular weight excluding hydrogens is 287 g/mol. The van der Waals surface area contributed by atoms with Crippen molar-refractivity contribution in [2.75, 3.05) is 5.32 Å². The molecule has 1 saturated carbocycles. The van der Waals surface area contributed by atoms with E-state index >= 15 is 0 Å². The molecular formula is C13H14ClFN2O3. The van der Waals surface area contributed by atoms with Crippen molar-refractivity contribution in [1.29, 1.82) is 0 Å². The molecule has 0 saturated heterocycles. The van der Waals surface area contributed by atoms with Crippen molar-refractivity contribution in [3.63, 3.8) is 0 Å². The molecule has 7 heteroatoms. The van der Waals surface area contributed by atoms with Crippen LogP contribution in [-0.2, 0) is 4.79 Å². The molecule has 0 radical (unpaired) electrons. The van der Waals surface area contributed by atoms with Crippen LogP contribution in [0.15, 0.2) is 18.2 Å². The molecule has 20 heavy (non-hydrogen) atoms. The fourth-order valence-corrected chi connectivity index (χ4v) is 2.41. The van der Waals surface area contributed by atoms with Gasteiger partial charge in [0, 0.05) is 0 Å². The molecule has 0 aromatic heterocycles. The number of nitrogens with one attached hydrogen (secondary N) is 2. The third-order valence-electron chi connectivity index (χ3n) is 3.38. The second-order valence-corrected chi connectivity index (χ2v) is 5.29. The lowest BCUT2D eigenvalue weighted by molar-refractivity contribution is -0.139. The van der Waals surface area contributed by atoms with Gasteiger partial charge in [-0.25, -0.2) is 9.18 Å². The minimum atomic E-state index is -0.973. The lowest BCUT2D eigenvalue weighted by Crippen LogP contribution is -2.55. The number of carbonyl (C=O) groups excluding carboxylic acids is 1. The lowest BCUT2D eigenvalue weighted by Gasteiger charge is -2.41. The predicted octanol–water partition coefficient (Wildman–Crippen LogP) is 3.00. The van der Waals surface area contributed by atoms with Crippen molar-refractivity contribution >= 4 is 29.3 Å². The number of hydrogen-bond acceptors (Lipinski definition) is 2. The van der Waals surface area contributed by atoms with Crippen molar-refractivity contribution in [3.05, 3.63) is 29.0 Å². The number of carbonyl (C=O) groups is 2. The number of anilines is 1. The van der Waals surface area contributed by atoms with Gasteiger partial charge < -0.3 is 15.7 Å². The van der Waals surface area contributed by atoms with Gasteiger partial charge in [-0.3, -0.25) is 4.79 Å². The van der Waals surface area contributed by atoms with Crippen LogP contribution in [0.1, 0.15) is 25.7 Å². The second-order valence-electron chi connectivity index (χ2n) is 4.88. The van der Waals surface area contributed by atoms with E-state index in [1.54, 1.807) is 0 Å². The number of halogens is 2. The summed E-state index contributed by atoms with van der Waals surface area (Å²) in [7, 11) is 0. The fraction of sp³-hybridized carbons (Fsp3) is 0.385. The van der Waals surface area contributed by atoms with E-state index in [1.807, 2.05) is 0 Å². The van der Waals surface area contributed by atoms with Gasteiger partial charge in [-0.15, -0.1) is 0 Å². The first-order valence-corrected chi connectivity index (χ1v) is 6.55. The fourth-order valence-electron chi connectivity index (χ4n) is 2.23. The number of urea groups is 1. The van der Waals surface area contributed by atoms with Gasteiger partial charge in [-0.05, 0) is 31.4 Å².